The highest BCUT2D eigenvalue weighted by Crippen LogP contribution is 2.48. The van der Waals surface area contributed by atoms with Crippen LogP contribution in [0.2, 0.25) is 0 Å². The van der Waals surface area contributed by atoms with Crippen molar-refractivity contribution in [2.24, 2.45) is 0 Å². The molecule has 1 atom stereocenters. The Balaban J connectivity index is 2.19. The molecule has 0 saturated heterocycles. The van der Waals surface area contributed by atoms with E-state index in [1.165, 1.54) is 32.4 Å². The summed E-state index contributed by atoms with van der Waals surface area (Å²) in [5, 5.41) is 32.8. The summed E-state index contributed by atoms with van der Waals surface area (Å²) in [6.07, 6.45) is 4.65. The molecule has 1 aliphatic heterocycles. The van der Waals surface area contributed by atoms with E-state index in [2.05, 4.69) is 0 Å². The third-order valence-corrected chi connectivity index (χ3v) is 5.88. The zero-order valence-electron chi connectivity index (χ0n) is 20.5. The predicted octanol–water partition coefficient (Wildman–Crippen LogP) is 4.60. The molecule has 0 fully saturated rings. The summed E-state index contributed by atoms with van der Waals surface area (Å²) in [6, 6.07) is 4.21. The fourth-order valence-corrected chi connectivity index (χ4v) is 4.05. The number of hydrogen-bond donors (Lipinski definition) is 3. The Morgan fingerprint density at radius 3 is 2.18 bits per heavy atom. The maximum Gasteiger partial charge on any atom is 0.210 e. The number of allylic oxidation sites excluding steroid dienone is 4. The summed E-state index contributed by atoms with van der Waals surface area (Å²) in [7, 11) is 2.89. The molecule has 0 unspecified atom stereocenters. The summed E-state index contributed by atoms with van der Waals surface area (Å²) in [5.74, 6) is -0.311. The van der Waals surface area contributed by atoms with E-state index in [0.29, 0.717) is 29.7 Å². The first-order chi connectivity index (χ1) is 16.0. The second-order valence-electron chi connectivity index (χ2n) is 8.87. The molecule has 0 aliphatic carbocycles. The average Bonchev–Trinajstić information content (AvgIpc) is 2.78. The number of carbonyl (C=O) groups is 1. The Bertz CT molecular complexity index is 1170. The summed E-state index contributed by atoms with van der Waals surface area (Å²) in [5.41, 5.74) is 1.06. The molecule has 0 saturated carbocycles. The molecule has 0 radical (unpaired) electrons. The van der Waals surface area contributed by atoms with Gasteiger partial charge in [0.15, 0.2) is 5.60 Å². The number of fused-ring (bicyclic) bond motifs is 1. The molecule has 2 aromatic carbocycles. The maximum atomic E-state index is 13.7. The third-order valence-electron chi connectivity index (χ3n) is 5.88. The minimum Gasteiger partial charge on any atom is -0.508 e. The number of rotatable bonds is 7. The number of phenolic OH excluding ortho intramolecular Hbond substituents is 2. The fraction of sp³-hybridized carbons (Fsp3) is 0.370. The van der Waals surface area contributed by atoms with E-state index in [0.717, 1.165) is 11.1 Å². The van der Waals surface area contributed by atoms with Gasteiger partial charge in [-0.3, -0.25) is 4.79 Å². The van der Waals surface area contributed by atoms with Crippen molar-refractivity contribution < 1.29 is 34.3 Å². The highest BCUT2D eigenvalue weighted by Gasteiger charge is 2.48. The van der Waals surface area contributed by atoms with E-state index in [1.807, 2.05) is 39.8 Å². The number of Topliss-reactive ketones (excluding diaryl/α,β-unsaturated/α-hetero) is 1. The third kappa shape index (κ3) is 4.48. The lowest BCUT2D eigenvalue weighted by atomic mass is 9.81. The van der Waals surface area contributed by atoms with Crippen LogP contribution in [0.15, 0.2) is 41.5 Å². The fourth-order valence-electron chi connectivity index (χ4n) is 4.05. The van der Waals surface area contributed by atoms with Gasteiger partial charge in [-0.2, -0.15) is 0 Å². The molecule has 1 aliphatic rings. The zero-order chi connectivity index (χ0) is 25.2. The summed E-state index contributed by atoms with van der Waals surface area (Å²) in [6.45, 7) is 7.37. The number of aliphatic hydroxyl groups is 1. The van der Waals surface area contributed by atoms with Crippen molar-refractivity contribution in [1.82, 2.24) is 0 Å². The lowest BCUT2D eigenvalue weighted by Crippen LogP contribution is -2.45. The monoisotopic (exact) mass is 468 g/mol. The predicted molar refractivity (Wildman–Crippen MR) is 129 cm³/mol. The zero-order valence-corrected chi connectivity index (χ0v) is 20.5. The van der Waals surface area contributed by atoms with Gasteiger partial charge < -0.3 is 29.5 Å². The lowest BCUT2D eigenvalue weighted by Gasteiger charge is -2.35. The van der Waals surface area contributed by atoms with Crippen LogP contribution in [0, 0.1) is 0 Å². The van der Waals surface area contributed by atoms with Gasteiger partial charge >= 0.3 is 0 Å². The van der Waals surface area contributed by atoms with E-state index >= 15 is 0 Å². The van der Waals surface area contributed by atoms with Crippen molar-refractivity contribution in [3.05, 3.63) is 63.8 Å². The number of carbonyl (C=O) groups excluding carboxylic acids is 1. The highest BCUT2D eigenvalue weighted by molar-refractivity contribution is 6.09. The summed E-state index contributed by atoms with van der Waals surface area (Å²) >= 11 is 0. The highest BCUT2D eigenvalue weighted by atomic mass is 16.5. The Hall–Kier alpha value is -3.45. The largest absolute Gasteiger partial charge is 0.508 e. The first-order valence-electron chi connectivity index (χ1n) is 11.0. The van der Waals surface area contributed by atoms with Crippen LogP contribution in [-0.2, 0) is 18.4 Å². The van der Waals surface area contributed by atoms with Crippen LogP contribution in [0.4, 0.5) is 0 Å². The van der Waals surface area contributed by atoms with Gasteiger partial charge in [-0.1, -0.05) is 23.3 Å². The smallest absolute Gasteiger partial charge is 0.210 e. The van der Waals surface area contributed by atoms with Crippen molar-refractivity contribution in [1.29, 1.82) is 0 Å². The van der Waals surface area contributed by atoms with E-state index in [-0.39, 0.29) is 34.1 Å². The van der Waals surface area contributed by atoms with Gasteiger partial charge in [0.25, 0.3) is 0 Å². The molecule has 3 N–H and O–H groups in total. The van der Waals surface area contributed by atoms with Gasteiger partial charge in [-0.15, -0.1) is 0 Å². The van der Waals surface area contributed by atoms with E-state index in [9.17, 15) is 20.1 Å². The van der Waals surface area contributed by atoms with E-state index in [1.54, 1.807) is 0 Å². The quantitative estimate of drug-likeness (QED) is 0.510. The molecule has 2 aromatic rings. The van der Waals surface area contributed by atoms with Crippen LogP contribution >= 0.6 is 0 Å². The molecule has 7 nitrogen and oxygen atoms in total. The van der Waals surface area contributed by atoms with Gasteiger partial charge in [-0.25, -0.2) is 0 Å². The molecule has 0 spiro atoms. The second kappa shape index (κ2) is 9.81. The van der Waals surface area contributed by atoms with Gasteiger partial charge in [0.2, 0.25) is 5.78 Å². The van der Waals surface area contributed by atoms with Gasteiger partial charge in [0.1, 0.15) is 40.9 Å². The Labute approximate surface area is 199 Å². The topological polar surface area (TPSA) is 105 Å². The molecule has 1 heterocycles. The first-order valence-corrected chi connectivity index (χ1v) is 11.0. The number of methoxy groups -OCH3 is 2. The Morgan fingerprint density at radius 1 is 1.00 bits per heavy atom. The molecular weight excluding hydrogens is 436 g/mol. The van der Waals surface area contributed by atoms with E-state index < -0.39 is 18.0 Å². The Morgan fingerprint density at radius 2 is 1.62 bits per heavy atom. The lowest BCUT2D eigenvalue weighted by molar-refractivity contribution is -0.00707. The van der Waals surface area contributed by atoms with Gasteiger partial charge in [0.05, 0.1) is 14.2 Å². The number of ketones is 1. The number of aromatic hydroxyl groups is 2. The minimum atomic E-state index is -2.13. The standard InChI is InChI=1S/C27H32O7/c1-15(2)7-9-17-20(28)12-11-19(24(17)33-6)27(31)14-34-25-18(10-8-16(3)4)22(32-5)13-21(29)23(25)26(27)30/h7-8,11-13,28-29,31H,9-10,14H2,1-6H3/t27-/m1/s1. The van der Waals surface area contributed by atoms with Crippen molar-refractivity contribution in [3.63, 3.8) is 0 Å². The molecule has 34 heavy (non-hydrogen) atoms. The van der Waals surface area contributed by atoms with Gasteiger partial charge in [-0.05, 0) is 52.7 Å². The molecule has 3 rings (SSSR count). The normalized spacial score (nSPS) is 16.9. The van der Waals surface area contributed by atoms with Crippen LogP contribution in [0.5, 0.6) is 28.7 Å². The molecule has 182 valence electrons. The molecule has 0 aromatic heterocycles. The SMILES string of the molecule is COc1cc(O)c2c(c1CC=C(C)C)OC[C@@](O)(c1ccc(O)c(CC=C(C)C)c1OC)C2=O. The average molecular weight is 469 g/mol. The number of hydrogen-bond acceptors (Lipinski definition) is 7. The van der Waals surface area contributed by atoms with Crippen molar-refractivity contribution >= 4 is 5.78 Å². The van der Waals surface area contributed by atoms with Crippen LogP contribution in [0.3, 0.4) is 0 Å². The van der Waals surface area contributed by atoms with Crippen LogP contribution in [0.1, 0.15) is 54.7 Å². The minimum absolute atomic E-state index is 0.0112. The van der Waals surface area contributed by atoms with Crippen LogP contribution in [-0.4, -0.2) is 41.9 Å². The summed E-state index contributed by atoms with van der Waals surface area (Å²) in [4.78, 5) is 13.7. The number of phenols is 2. The van der Waals surface area contributed by atoms with Crippen LogP contribution < -0.4 is 14.2 Å². The van der Waals surface area contributed by atoms with Gasteiger partial charge in [0, 0.05) is 22.8 Å². The van der Waals surface area contributed by atoms with Crippen LogP contribution in [0.25, 0.3) is 0 Å². The van der Waals surface area contributed by atoms with E-state index in [4.69, 9.17) is 14.2 Å². The number of ether oxygens (including phenoxy) is 3. The van der Waals surface area contributed by atoms with Crippen molar-refractivity contribution in [3.8, 4) is 28.7 Å². The molecule has 0 amide bonds. The number of benzene rings is 2. The second-order valence-corrected chi connectivity index (χ2v) is 8.87. The van der Waals surface area contributed by atoms with Crippen molar-refractivity contribution in [2.45, 2.75) is 46.1 Å². The van der Waals surface area contributed by atoms with Crippen molar-refractivity contribution in [2.75, 3.05) is 20.8 Å². The summed E-state index contributed by atoms with van der Waals surface area (Å²) < 4.78 is 16.9. The molecule has 0 bridgehead atoms. The maximum absolute atomic E-state index is 13.7. The Kier molecular flexibility index (Phi) is 7.26. The molecule has 7 heteroatoms. The molecular formula is C27H32O7. The first kappa shape index (κ1) is 25.2.